The number of benzene rings is 1. The molecule has 2 aromatic heterocycles. The van der Waals surface area contributed by atoms with Gasteiger partial charge in [0.25, 0.3) is 5.91 Å². The molecule has 0 saturated carbocycles. The van der Waals surface area contributed by atoms with Crippen molar-refractivity contribution in [1.82, 2.24) is 4.98 Å². The molecule has 0 spiro atoms. The second-order valence-corrected chi connectivity index (χ2v) is 6.29. The van der Waals surface area contributed by atoms with Crippen molar-refractivity contribution in [3.63, 3.8) is 0 Å². The Labute approximate surface area is 152 Å². The normalized spacial score (nSPS) is 10.5. The number of rotatable bonds is 4. The molecule has 3 rings (SSSR count). The van der Waals surface area contributed by atoms with E-state index in [2.05, 4.69) is 11.1 Å². The summed E-state index contributed by atoms with van der Waals surface area (Å²) in [6.07, 6.45) is 0. The third-order valence-electron chi connectivity index (χ3n) is 3.91. The van der Waals surface area contributed by atoms with Crippen LogP contribution in [-0.2, 0) is 0 Å². The molecule has 0 fully saturated rings. The number of hydrogen-bond acceptors (Lipinski definition) is 8. The van der Waals surface area contributed by atoms with Gasteiger partial charge in [0.05, 0.1) is 19.9 Å². The van der Waals surface area contributed by atoms with Crippen molar-refractivity contribution in [3.05, 3.63) is 28.6 Å². The molecule has 0 unspecified atom stereocenters. The number of para-hydroxylation sites is 1. The molecule has 0 aliphatic heterocycles. The van der Waals surface area contributed by atoms with Crippen LogP contribution in [0.15, 0.2) is 18.2 Å². The van der Waals surface area contributed by atoms with E-state index in [4.69, 9.17) is 26.7 Å². The summed E-state index contributed by atoms with van der Waals surface area (Å²) < 4.78 is 10.8. The first-order valence-corrected chi connectivity index (χ1v) is 8.18. The van der Waals surface area contributed by atoms with Gasteiger partial charge in [-0.2, -0.15) is 5.26 Å². The number of carbonyl (C=O) groups is 1. The van der Waals surface area contributed by atoms with Gasteiger partial charge in [-0.3, -0.25) is 4.79 Å². The fourth-order valence-electron chi connectivity index (χ4n) is 2.82. The van der Waals surface area contributed by atoms with E-state index < -0.39 is 5.91 Å². The zero-order valence-electron chi connectivity index (χ0n) is 14.0. The summed E-state index contributed by atoms with van der Waals surface area (Å²) in [5.74, 6) is 0.231. The molecule has 132 valence electrons. The van der Waals surface area contributed by atoms with Crippen LogP contribution in [0.4, 0.5) is 11.5 Å². The van der Waals surface area contributed by atoms with Gasteiger partial charge in [-0.15, -0.1) is 11.3 Å². The number of primary amides is 1. The Morgan fingerprint density at radius 1 is 1.27 bits per heavy atom. The van der Waals surface area contributed by atoms with Gasteiger partial charge in [0.2, 0.25) is 0 Å². The zero-order valence-corrected chi connectivity index (χ0v) is 14.8. The van der Waals surface area contributed by atoms with Gasteiger partial charge in [-0.25, -0.2) is 4.98 Å². The van der Waals surface area contributed by atoms with Crippen LogP contribution in [0.3, 0.4) is 0 Å². The number of aromatic nitrogens is 1. The Bertz CT molecular complexity index is 1080. The van der Waals surface area contributed by atoms with E-state index in [1.54, 1.807) is 18.2 Å². The molecule has 3 aromatic rings. The number of nitrogens with two attached hydrogens (primary N) is 3. The quantitative estimate of drug-likeness (QED) is 0.637. The van der Waals surface area contributed by atoms with Gasteiger partial charge < -0.3 is 26.7 Å². The summed E-state index contributed by atoms with van der Waals surface area (Å²) in [6.45, 7) is 0. The molecule has 0 aliphatic carbocycles. The van der Waals surface area contributed by atoms with Crippen LogP contribution >= 0.6 is 11.3 Å². The lowest BCUT2D eigenvalue weighted by Gasteiger charge is -2.15. The number of methoxy groups -OCH3 is 2. The summed E-state index contributed by atoms with van der Waals surface area (Å²) in [5.41, 5.74) is 18.8. The van der Waals surface area contributed by atoms with Crippen molar-refractivity contribution in [2.45, 2.75) is 0 Å². The Morgan fingerprint density at radius 2 is 2.00 bits per heavy atom. The molecule has 26 heavy (non-hydrogen) atoms. The van der Waals surface area contributed by atoms with E-state index in [0.29, 0.717) is 32.8 Å². The van der Waals surface area contributed by atoms with Crippen LogP contribution in [0.2, 0.25) is 0 Å². The van der Waals surface area contributed by atoms with Gasteiger partial charge >= 0.3 is 0 Å². The standard InChI is InChI=1S/C17H15N5O3S/c1-24-9-5-3-4-7(13(9)25-2)10-8(6-18)15(20)22-17-11(10)12(19)14(26-17)16(21)23/h3-5H,19H2,1-2H3,(H2,20,22)(H2,21,23). The highest BCUT2D eigenvalue weighted by atomic mass is 32.1. The monoisotopic (exact) mass is 369 g/mol. The Hall–Kier alpha value is -3.51. The smallest absolute Gasteiger partial charge is 0.260 e. The minimum atomic E-state index is -0.675. The largest absolute Gasteiger partial charge is 0.493 e. The summed E-state index contributed by atoms with van der Waals surface area (Å²) in [5, 5.41) is 10.1. The van der Waals surface area contributed by atoms with Gasteiger partial charge in [0.1, 0.15) is 27.2 Å². The van der Waals surface area contributed by atoms with E-state index in [1.807, 2.05) is 0 Å². The molecular formula is C17H15N5O3S. The number of nitrogen functional groups attached to an aromatic ring is 2. The molecule has 0 bridgehead atoms. The van der Waals surface area contributed by atoms with Crippen LogP contribution in [0, 0.1) is 11.3 Å². The molecule has 0 saturated heterocycles. The first-order valence-electron chi connectivity index (χ1n) is 7.37. The molecule has 0 radical (unpaired) electrons. The van der Waals surface area contributed by atoms with Gasteiger partial charge in [-0.1, -0.05) is 12.1 Å². The van der Waals surface area contributed by atoms with Crippen LogP contribution in [0.1, 0.15) is 15.2 Å². The SMILES string of the molecule is COc1cccc(-c2c(C#N)c(N)nc3sc(C(N)=O)c(N)c23)c1OC. The van der Waals surface area contributed by atoms with Crippen molar-refractivity contribution in [2.24, 2.45) is 5.73 Å². The fourth-order valence-corrected chi connectivity index (χ4v) is 3.78. The maximum Gasteiger partial charge on any atom is 0.260 e. The number of ether oxygens (including phenoxy) is 2. The number of amides is 1. The average Bonchev–Trinajstić information content (AvgIpc) is 2.96. The summed E-state index contributed by atoms with van der Waals surface area (Å²) in [6, 6.07) is 7.28. The van der Waals surface area contributed by atoms with Crippen LogP contribution in [-0.4, -0.2) is 25.1 Å². The van der Waals surface area contributed by atoms with E-state index in [1.165, 1.54) is 14.2 Å². The van der Waals surface area contributed by atoms with Gasteiger partial charge in [0.15, 0.2) is 11.5 Å². The minimum Gasteiger partial charge on any atom is -0.493 e. The Morgan fingerprint density at radius 3 is 2.58 bits per heavy atom. The number of anilines is 2. The first kappa shape index (κ1) is 17.3. The summed E-state index contributed by atoms with van der Waals surface area (Å²) in [7, 11) is 2.99. The second-order valence-electron chi connectivity index (χ2n) is 5.29. The number of hydrogen-bond donors (Lipinski definition) is 3. The minimum absolute atomic E-state index is 0.0251. The van der Waals surface area contributed by atoms with Gasteiger partial charge in [-0.05, 0) is 6.07 Å². The number of carbonyl (C=O) groups excluding carboxylic acids is 1. The van der Waals surface area contributed by atoms with E-state index in [0.717, 1.165) is 11.3 Å². The van der Waals surface area contributed by atoms with Crippen LogP contribution < -0.4 is 26.7 Å². The van der Waals surface area contributed by atoms with Crippen molar-refractivity contribution >= 4 is 39.0 Å². The molecule has 0 atom stereocenters. The van der Waals surface area contributed by atoms with Crippen molar-refractivity contribution in [2.75, 3.05) is 25.7 Å². The highest BCUT2D eigenvalue weighted by Gasteiger charge is 2.25. The van der Waals surface area contributed by atoms with Gasteiger partial charge in [0, 0.05) is 16.5 Å². The molecule has 8 nitrogen and oxygen atoms in total. The third-order valence-corrected chi connectivity index (χ3v) is 5.03. The Balaban J connectivity index is 2.54. The lowest BCUT2D eigenvalue weighted by atomic mass is 9.96. The second kappa shape index (κ2) is 6.42. The number of nitrogens with zero attached hydrogens (tertiary/aromatic N) is 2. The molecule has 2 heterocycles. The topological polar surface area (TPSA) is 150 Å². The maximum absolute atomic E-state index is 11.7. The highest BCUT2D eigenvalue weighted by Crippen LogP contribution is 2.47. The average molecular weight is 369 g/mol. The molecule has 1 aromatic carbocycles. The predicted molar refractivity (Wildman–Crippen MR) is 100 cm³/mol. The lowest BCUT2D eigenvalue weighted by Crippen LogP contribution is -2.10. The van der Waals surface area contributed by atoms with Crippen molar-refractivity contribution in [1.29, 1.82) is 5.26 Å². The number of fused-ring (bicyclic) bond motifs is 1. The van der Waals surface area contributed by atoms with E-state index in [-0.39, 0.29) is 21.9 Å². The van der Waals surface area contributed by atoms with Crippen LogP contribution in [0.5, 0.6) is 11.5 Å². The number of pyridine rings is 1. The highest BCUT2D eigenvalue weighted by molar-refractivity contribution is 7.21. The van der Waals surface area contributed by atoms with E-state index in [9.17, 15) is 10.1 Å². The van der Waals surface area contributed by atoms with E-state index >= 15 is 0 Å². The van der Waals surface area contributed by atoms with Crippen molar-refractivity contribution < 1.29 is 14.3 Å². The van der Waals surface area contributed by atoms with Crippen LogP contribution in [0.25, 0.3) is 21.3 Å². The molecule has 6 N–H and O–H groups in total. The molecule has 9 heteroatoms. The summed E-state index contributed by atoms with van der Waals surface area (Å²) in [4.78, 5) is 16.5. The zero-order chi connectivity index (χ0) is 19.0. The molecular weight excluding hydrogens is 354 g/mol. The third kappa shape index (κ3) is 2.44. The summed E-state index contributed by atoms with van der Waals surface area (Å²) >= 11 is 1.03. The fraction of sp³-hybridized carbons (Fsp3) is 0.118. The Kier molecular flexibility index (Phi) is 4.28. The molecule has 0 aliphatic rings. The van der Waals surface area contributed by atoms with Crippen molar-refractivity contribution in [3.8, 4) is 28.7 Å². The number of thiophene rings is 1. The molecule has 1 amide bonds. The number of nitriles is 1. The first-order chi connectivity index (χ1) is 12.4. The predicted octanol–water partition coefficient (Wildman–Crippen LogP) is 2.12. The lowest BCUT2D eigenvalue weighted by molar-refractivity contribution is 0.100. The maximum atomic E-state index is 11.7.